The first-order chi connectivity index (χ1) is 0. The fraction of sp³-hybridized carbons (Fsp3) is 0. The van der Waals surface area contributed by atoms with Crippen LogP contribution in [-0.4, -0.2) is 36.2 Å². The maximum Gasteiger partial charge on any atom is 0 e. The summed E-state index contributed by atoms with van der Waals surface area (Å²) in [6, 6.07) is 0. The second kappa shape index (κ2) is 19.2. The van der Waals surface area contributed by atoms with Gasteiger partial charge < -0.3 is 0 Å². The van der Waals surface area contributed by atoms with Crippen LogP contribution >= 0.6 is 0 Å². The fourth-order valence-corrected chi connectivity index (χ4v) is 0. The van der Waals surface area contributed by atoms with Crippen LogP contribution in [0.3, 0.4) is 0 Å². The molecule has 0 N–H and O–H groups in total. The summed E-state index contributed by atoms with van der Waals surface area (Å²) in [7, 11) is 0. The van der Waals surface area contributed by atoms with E-state index in [1.165, 1.54) is 0 Å². The molecule has 0 heterocycles. The van der Waals surface area contributed by atoms with Crippen molar-refractivity contribution >= 4 is 36.2 Å². The zero-order valence-corrected chi connectivity index (χ0v) is 5.59. The van der Waals surface area contributed by atoms with Gasteiger partial charge in [-0.3, -0.25) is 0 Å². The molecule has 0 saturated heterocycles. The summed E-state index contributed by atoms with van der Waals surface area (Å²) >= 11 is 0. The van der Waals surface area contributed by atoms with Crippen LogP contribution in [0.5, 0.6) is 0 Å². The van der Waals surface area contributed by atoms with Gasteiger partial charge in [-0.25, -0.2) is 0 Å². The molecule has 0 unspecified atom stereocenters. The quantitative estimate of drug-likeness (QED) is 0.395. The molecule has 0 rings (SSSR count). The monoisotopic (exact) mass is 147 g/mol. The second-order valence-corrected chi connectivity index (χ2v) is 0. The average molecular weight is 148 g/mol. The molecule has 0 fully saturated rings. The molecular weight excluding hydrogens is 148 g/mol. The van der Waals surface area contributed by atoms with E-state index in [0.29, 0.717) is 0 Å². The van der Waals surface area contributed by atoms with Crippen LogP contribution in [0.1, 0.15) is 0 Å². The van der Waals surface area contributed by atoms with Gasteiger partial charge in [-0.15, -0.1) is 0 Å². The summed E-state index contributed by atoms with van der Waals surface area (Å²) in [4.78, 5) is 0. The third-order valence-corrected chi connectivity index (χ3v) is 0. The van der Waals surface area contributed by atoms with Gasteiger partial charge in [0.1, 0.15) is 0 Å². The van der Waals surface area contributed by atoms with E-state index in [-0.39, 0.29) is 69.8 Å². The molecule has 5 radical (unpaired) electrons. The summed E-state index contributed by atoms with van der Waals surface area (Å²) in [5.74, 6) is 0. The molecule has 0 aromatic carbocycles. The van der Waals surface area contributed by atoms with Crippen molar-refractivity contribution in [2.24, 2.45) is 0 Å². The van der Waals surface area contributed by atoms with Gasteiger partial charge in [0.25, 0.3) is 0 Å². The standard InChI is InChI=1S/Al.Li.Mn.Ni. The van der Waals surface area contributed by atoms with Gasteiger partial charge in [-0.2, -0.15) is 0 Å². The molecule has 0 aromatic rings. The third kappa shape index (κ3) is 8.91. The van der Waals surface area contributed by atoms with E-state index < -0.39 is 0 Å². The van der Waals surface area contributed by atoms with E-state index in [9.17, 15) is 0 Å². The van der Waals surface area contributed by atoms with Crippen LogP contribution in [0.2, 0.25) is 0 Å². The number of hydrogen-bond donors (Lipinski definition) is 0. The molecule has 0 nitrogen and oxygen atoms in total. The Morgan fingerprint density at radius 1 is 1.00 bits per heavy atom. The summed E-state index contributed by atoms with van der Waals surface area (Å²) in [5, 5.41) is 0. The van der Waals surface area contributed by atoms with Crippen LogP contribution in [-0.2, 0) is 33.6 Å². The van der Waals surface area contributed by atoms with E-state index in [1.54, 1.807) is 0 Å². The Hall–Kier alpha value is 2.14. The van der Waals surface area contributed by atoms with Crippen LogP contribution < -0.4 is 0 Å². The molecule has 0 aliphatic heterocycles. The predicted octanol–water partition coefficient (Wildman–Crippen LogP) is -0.767. The largest absolute Gasteiger partial charge is 0 e. The van der Waals surface area contributed by atoms with Crippen molar-refractivity contribution in [3.8, 4) is 0 Å². The minimum atomic E-state index is 0. The maximum atomic E-state index is 0. The molecule has 0 atom stereocenters. The zero-order valence-electron chi connectivity index (χ0n) is 2.27. The van der Waals surface area contributed by atoms with Crippen LogP contribution in [0.4, 0.5) is 0 Å². The topological polar surface area (TPSA) is 0 Å². The van der Waals surface area contributed by atoms with Crippen molar-refractivity contribution in [2.75, 3.05) is 0 Å². The molecule has 0 saturated carbocycles. The minimum Gasteiger partial charge on any atom is 0 e. The fourth-order valence-electron chi connectivity index (χ4n) is 0. The van der Waals surface area contributed by atoms with Gasteiger partial charge in [-0.05, 0) is 0 Å². The summed E-state index contributed by atoms with van der Waals surface area (Å²) in [6.07, 6.45) is 0. The van der Waals surface area contributed by atoms with Crippen LogP contribution in [0.25, 0.3) is 0 Å². The first-order valence-corrected chi connectivity index (χ1v) is 0. The average Bonchev–Trinajstić information content (AvgIpc) is 0. The van der Waals surface area contributed by atoms with E-state index in [0.717, 1.165) is 0 Å². The maximum absolute atomic E-state index is 0. The summed E-state index contributed by atoms with van der Waals surface area (Å²) in [6.45, 7) is 0. The number of hydrogen-bond acceptors (Lipinski definition) is 0. The Kier molecular flexibility index (Phi) is 170. The van der Waals surface area contributed by atoms with Gasteiger partial charge in [-0.1, -0.05) is 0 Å². The number of rotatable bonds is 0. The van der Waals surface area contributed by atoms with Crippen molar-refractivity contribution in [1.82, 2.24) is 0 Å². The van der Waals surface area contributed by atoms with E-state index >= 15 is 0 Å². The van der Waals surface area contributed by atoms with Crippen molar-refractivity contribution < 1.29 is 33.6 Å². The zero-order chi connectivity index (χ0) is 0. The van der Waals surface area contributed by atoms with Crippen LogP contribution in [0, 0.1) is 0 Å². The summed E-state index contributed by atoms with van der Waals surface area (Å²) in [5.41, 5.74) is 0. The molecule has 0 aliphatic rings. The van der Waals surface area contributed by atoms with Gasteiger partial charge in [0.05, 0.1) is 0 Å². The first-order valence-electron chi connectivity index (χ1n) is 0. The Labute approximate surface area is 69.2 Å². The molecule has 0 amide bonds. The second-order valence-electron chi connectivity index (χ2n) is 0. The first kappa shape index (κ1) is 35.4. The van der Waals surface area contributed by atoms with E-state index in [4.69, 9.17) is 0 Å². The van der Waals surface area contributed by atoms with Gasteiger partial charge in [0, 0.05) is 69.8 Å². The predicted molar refractivity (Wildman–Crippen MR) is 11.5 cm³/mol. The Morgan fingerprint density at radius 2 is 1.00 bits per heavy atom. The Bertz CT molecular complexity index is 8.00. The minimum absolute atomic E-state index is 0. The Balaban J connectivity index is 0. The molecular formula is AlLiMnNi. The van der Waals surface area contributed by atoms with Crippen molar-refractivity contribution in [3.05, 3.63) is 0 Å². The normalized spacial score (nSPS) is 0. The van der Waals surface area contributed by atoms with Gasteiger partial charge >= 0.3 is 0 Å². The van der Waals surface area contributed by atoms with E-state index in [2.05, 4.69) is 0 Å². The van der Waals surface area contributed by atoms with E-state index in [1.807, 2.05) is 0 Å². The van der Waals surface area contributed by atoms with Gasteiger partial charge in [0.15, 0.2) is 0 Å². The molecule has 0 bridgehead atoms. The smallest absolute Gasteiger partial charge is 0 e. The molecule has 4 heavy (non-hydrogen) atoms. The van der Waals surface area contributed by atoms with Gasteiger partial charge in [0.2, 0.25) is 0 Å². The van der Waals surface area contributed by atoms with Crippen molar-refractivity contribution in [1.29, 1.82) is 0 Å². The third-order valence-electron chi connectivity index (χ3n) is 0. The molecule has 4 heteroatoms. The summed E-state index contributed by atoms with van der Waals surface area (Å²) < 4.78 is 0. The molecule has 0 spiro atoms. The SMILES string of the molecule is [Al].[Li].[Mn].[Ni]. The molecule has 0 aromatic heterocycles. The Morgan fingerprint density at radius 3 is 1.00 bits per heavy atom. The van der Waals surface area contributed by atoms with Crippen molar-refractivity contribution in [2.45, 2.75) is 0 Å². The molecule has 0 aliphatic carbocycles. The van der Waals surface area contributed by atoms with Crippen molar-refractivity contribution in [3.63, 3.8) is 0 Å². The molecule has 21 valence electrons. The van der Waals surface area contributed by atoms with Crippen LogP contribution in [0.15, 0.2) is 0 Å².